The van der Waals surface area contributed by atoms with E-state index in [1.807, 2.05) is 13.0 Å². The Morgan fingerprint density at radius 2 is 1.80 bits per heavy atom. The van der Waals surface area contributed by atoms with Gasteiger partial charge < -0.3 is 5.73 Å². The van der Waals surface area contributed by atoms with Gasteiger partial charge in [0.15, 0.2) is 0 Å². The Bertz CT molecular complexity index is 605. The summed E-state index contributed by atoms with van der Waals surface area (Å²) < 4.78 is 0. The molecule has 0 aliphatic rings. The minimum Gasteiger partial charge on any atom is -0.330 e. The zero-order valence-corrected chi connectivity index (χ0v) is 12.8. The summed E-state index contributed by atoms with van der Waals surface area (Å²) in [4.78, 5) is 9.28. The topological polar surface area (TPSA) is 51.8 Å². The molecular formula is C17H23N3. The van der Waals surface area contributed by atoms with E-state index in [0.29, 0.717) is 12.5 Å². The molecular weight excluding hydrogens is 246 g/mol. The Hall–Kier alpha value is -1.74. The molecule has 0 aliphatic heterocycles. The zero-order valence-electron chi connectivity index (χ0n) is 12.8. The number of aryl methyl sites for hydroxylation is 3. The van der Waals surface area contributed by atoms with Crippen molar-refractivity contribution in [2.24, 2.45) is 5.73 Å². The van der Waals surface area contributed by atoms with E-state index in [1.165, 1.54) is 11.1 Å². The maximum atomic E-state index is 5.63. The number of hydrogen-bond donors (Lipinski definition) is 1. The maximum absolute atomic E-state index is 5.63. The molecule has 1 atom stereocenters. The van der Waals surface area contributed by atoms with Crippen molar-refractivity contribution in [1.82, 2.24) is 9.97 Å². The van der Waals surface area contributed by atoms with Crippen LogP contribution in [0.4, 0.5) is 0 Å². The quantitative estimate of drug-likeness (QED) is 0.924. The van der Waals surface area contributed by atoms with E-state index in [0.717, 1.165) is 29.2 Å². The molecule has 1 aromatic heterocycles. The molecule has 1 aromatic carbocycles. The molecule has 0 fully saturated rings. The van der Waals surface area contributed by atoms with Crippen LogP contribution in [0.1, 0.15) is 41.9 Å². The highest BCUT2D eigenvalue weighted by atomic mass is 14.9. The fourth-order valence-electron chi connectivity index (χ4n) is 2.24. The van der Waals surface area contributed by atoms with Gasteiger partial charge in [-0.25, -0.2) is 9.97 Å². The minimum absolute atomic E-state index is 0.296. The third kappa shape index (κ3) is 3.23. The second kappa shape index (κ2) is 6.14. The zero-order chi connectivity index (χ0) is 14.7. The molecule has 3 heteroatoms. The summed E-state index contributed by atoms with van der Waals surface area (Å²) in [5, 5.41) is 0. The lowest BCUT2D eigenvalue weighted by Gasteiger charge is -2.12. The van der Waals surface area contributed by atoms with Gasteiger partial charge in [-0.1, -0.05) is 19.1 Å². The summed E-state index contributed by atoms with van der Waals surface area (Å²) >= 11 is 0. The van der Waals surface area contributed by atoms with Crippen LogP contribution in [0.3, 0.4) is 0 Å². The molecule has 0 saturated carbocycles. The average Bonchev–Trinajstić information content (AvgIpc) is 2.41. The predicted octanol–water partition coefficient (Wildman–Crippen LogP) is 3.52. The molecule has 2 aromatic rings. The van der Waals surface area contributed by atoms with Crippen molar-refractivity contribution in [1.29, 1.82) is 0 Å². The summed E-state index contributed by atoms with van der Waals surface area (Å²) in [6, 6.07) is 8.50. The normalized spacial score (nSPS) is 12.4. The van der Waals surface area contributed by atoms with Crippen molar-refractivity contribution in [3.05, 3.63) is 46.9 Å². The molecule has 1 unspecified atom stereocenters. The monoisotopic (exact) mass is 269 g/mol. The van der Waals surface area contributed by atoms with Crippen molar-refractivity contribution >= 4 is 0 Å². The van der Waals surface area contributed by atoms with Crippen LogP contribution in [0.5, 0.6) is 0 Å². The van der Waals surface area contributed by atoms with E-state index in [-0.39, 0.29) is 0 Å². The van der Waals surface area contributed by atoms with Crippen LogP contribution in [-0.4, -0.2) is 16.5 Å². The van der Waals surface area contributed by atoms with Crippen LogP contribution >= 0.6 is 0 Å². The van der Waals surface area contributed by atoms with Gasteiger partial charge >= 0.3 is 0 Å². The lowest BCUT2D eigenvalue weighted by molar-refractivity contribution is 0.645. The largest absolute Gasteiger partial charge is 0.330 e. The number of benzene rings is 1. The van der Waals surface area contributed by atoms with Crippen molar-refractivity contribution in [2.75, 3.05) is 6.54 Å². The van der Waals surface area contributed by atoms with Gasteiger partial charge in [0.25, 0.3) is 0 Å². The van der Waals surface area contributed by atoms with E-state index in [9.17, 15) is 0 Å². The number of nitrogens with zero attached hydrogens (tertiary/aromatic N) is 2. The first-order valence-electron chi connectivity index (χ1n) is 7.14. The molecule has 106 valence electrons. The Morgan fingerprint density at radius 3 is 2.45 bits per heavy atom. The fourth-order valence-corrected chi connectivity index (χ4v) is 2.24. The van der Waals surface area contributed by atoms with E-state index >= 15 is 0 Å². The van der Waals surface area contributed by atoms with Gasteiger partial charge in [-0.15, -0.1) is 0 Å². The molecule has 2 rings (SSSR count). The van der Waals surface area contributed by atoms with Crippen LogP contribution < -0.4 is 5.73 Å². The Balaban J connectivity index is 2.43. The van der Waals surface area contributed by atoms with Crippen molar-refractivity contribution in [3.8, 4) is 11.3 Å². The van der Waals surface area contributed by atoms with Gasteiger partial charge in [-0.3, -0.25) is 0 Å². The van der Waals surface area contributed by atoms with Gasteiger partial charge in [0, 0.05) is 17.2 Å². The molecule has 1 heterocycles. The van der Waals surface area contributed by atoms with E-state index in [2.05, 4.69) is 44.0 Å². The van der Waals surface area contributed by atoms with Crippen LogP contribution in [0.2, 0.25) is 0 Å². The second-order valence-electron chi connectivity index (χ2n) is 5.53. The first kappa shape index (κ1) is 14.7. The van der Waals surface area contributed by atoms with Crippen molar-refractivity contribution in [3.63, 3.8) is 0 Å². The van der Waals surface area contributed by atoms with Gasteiger partial charge in [-0.05, 0) is 57.0 Å². The molecule has 0 bridgehead atoms. The van der Waals surface area contributed by atoms with Crippen molar-refractivity contribution in [2.45, 2.75) is 40.0 Å². The van der Waals surface area contributed by atoms with Crippen LogP contribution in [0.15, 0.2) is 24.3 Å². The molecule has 0 radical (unpaired) electrons. The second-order valence-corrected chi connectivity index (χ2v) is 5.53. The summed E-state index contributed by atoms with van der Waals surface area (Å²) in [5.41, 5.74) is 11.4. The Morgan fingerprint density at radius 1 is 1.05 bits per heavy atom. The molecule has 2 N–H and O–H groups in total. The molecule has 0 spiro atoms. The molecule has 20 heavy (non-hydrogen) atoms. The first-order chi connectivity index (χ1) is 9.51. The molecule has 0 saturated heterocycles. The number of nitrogens with two attached hydrogens (primary N) is 1. The van der Waals surface area contributed by atoms with Crippen LogP contribution in [0, 0.1) is 20.8 Å². The van der Waals surface area contributed by atoms with Gasteiger partial charge in [0.2, 0.25) is 0 Å². The highest BCUT2D eigenvalue weighted by Gasteiger charge is 2.11. The fraction of sp³-hybridized carbons (Fsp3) is 0.412. The van der Waals surface area contributed by atoms with Gasteiger partial charge in [0.1, 0.15) is 5.82 Å². The van der Waals surface area contributed by atoms with E-state index < -0.39 is 0 Å². The lowest BCUT2D eigenvalue weighted by atomic mass is 10.0. The third-order valence-corrected chi connectivity index (χ3v) is 3.71. The summed E-state index contributed by atoms with van der Waals surface area (Å²) in [7, 11) is 0. The van der Waals surface area contributed by atoms with Crippen LogP contribution in [-0.2, 0) is 0 Å². The van der Waals surface area contributed by atoms with Gasteiger partial charge in [0.05, 0.1) is 5.69 Å². The summed E-state index contributed by atoms with van der Waals surface area (Å²) in [6.07, 6.45) is 0.913. The first-order valence-corrected chi connectivity index (χ1v) is 7.14. The number of hydrogen-bond acceptors (Lipinski definition) is 3. The van der Waals surface area contributed by atoms with Crippen molar-refractivity contribution < 1.29 is 0 Å². The Labute approximate surface area is 121 Å². The number of aromatic nitrogens is 2. The smallest absolute Gasteiger partial charge is 0.132 e. The predicted molar refractivity (Wildman–Crippen MR) is 83.8 cm³/mol. The minimum atomic E-state index is 0.296. The third-order valence-electron chi connectivity index (χ3n) is 3.71. The molecule has 3 nitrogen and oxygen atoms in total. The van der Waals surface area contributed by atoms with Gasteiger partial charge in [-0.2, -0.15) is 0 Å². The van der Waals surface area contributed by atoms with E-state index in [4.69, 9.17) is 10.7 Å². The molecule has 0 amide bonds. The highest BCUT2D eigenvalue weighted by molar-refractivity contribution is 5.61. The maximum Gasteiger partial charge on any atom is 0.132 e. The summed E-state index contributed by atoms with van der Waals surface area (Å²) in [6.45, 7) is 9.07. The average molecular weight is 269 g/mol. The SMILES string of the molecule is Cc1cc(-c2ccc(C)c(C)c2)nc(C(C)CCN)n1. The lowest BCUT2D eigenvalue weighted by Crippen LogP contribution is -2.09. The molecule has 0 aliphatic carbocycles. The standard InChI is InChI=1S/C17H23N3/c1-11-5-6-15(9-13(11)3)16-10-14(4)19-17(20-16)12(2)7-8-18/h5-6,9-10,12H,7-8,18H2,1-4H3. The summed E-state index contributed by atoms with van der Waals surface area (Å²) in [5.74, 6) is 1.19. The van der Waals surface area contributed by atoms with E-state index in [1.54, 1.807) is 0 Å². The number of rotatable bonds is 4. The van der Waals surface area contributed by atoms with Crippen LogP contribution in [0.25, 0.3) is 11.3 Å². The Kier molecular flexibility index (Phi) is 4.50. The highest BCUT2D eigenvalue weighted by Crippen LogP contribution is 2.23.